The molecule has 2 rings (SSSR count). The Morgan fingerprint density at radius 3 is 2.45 bits per heavy atom. The number of carbonyl (C=O) groups excluding carboxylic acids is 1. The van der Waals surface area contributed by atoms with Crippen LogP contribution in [0.4, 0.5) is 0 Å². The minimum Gasteiger partial charge on any atom is -0.481 e. The van der Waals surface area contributed by atoms with E-state index >= 15 is 0 Å². The van der Waals surface area contributed by atoms with Crippen molar-refractivity contribution in [1.29, 1.82) is 0 Å². The van der Waals surface area contributed by atoms with E-state index in [9.17, 15) is 9.59 Å². The average molecular weight is 313 g/mol. The van der Waals surface area contributed by atoms with Gasteiger partial charge in [0.1, 0.15) is 0 Å². The number of hydrogen-bond acceptors (Lipinski definition) is 4. The number of rotatable bonds is 7. The van der Waals surface area contributed by atoms with E-state index in [2.05, 4.69) is 6.92 Å². The van der Waals surface area contributed by atoms with Crippen LogP contribution in [0.2, 0.25) is 0 Å². The first kappa shape index (κ1) is 17.2. The SMILES string of the molecule is C[C@@H]1CC[C@@H](CCC(=O)N(CCC(=O)O)C2CCOCC2)O1. The van der Waals surface area contributed by atoms with E-state index in [0.717, 1.165) is 32.1 Å². The Balaban J connectivity index is 1.85. The molecule has 22 heavy (non-hydrogen) atoms. The molecule has 0 aromatic heterocycles. The lowest BCUT2D eigenvalue weighted by molar-refractivity contribution is -0.140. The third-order valence-corrected chi connectivity index (χ3v) is 4.52. The Bertz CT molecular complexity index is 381. The summed E-state index contributed by atoms with van der Waals surface area (Å²) in [5.74, 6) is -0.811. The maximum atomic E-state index is 12.5. The Morgan fingerprint density at radius 2 is 1.86 bits per heavy atom. The van der Waals surface area contributed by atoms with Crippen LogP contribution in [0.3, 0.4) is 0 Å². The normalized spacial score (nSPS) is 26.0. The average Bonchev–Trinajstić information content (AvgIpc) is 2.92. The fourth-order valence-electron chi connectivity index (χ4n) is 3.25. The zero-order valence-electron chi connectivity index (χ0n) is 13.3. The van der Waals surface area contributed by atoms with Gasteiger partial charge in [0.05, 0.1) is 18.6 Å². The predicted octanol–water partition coefficient (Wildman–Crippen LogP) is 1.82. The van der Waals surface area contributed by atoms with Gasteiger partial charge in [0.25, 0.3) is 0 Å². The van der Waals surface area contributed by atoms with Crippen LogP contribution in [0, 0.1) is 0 Å². The van der Waals surface area contributed by atoms with Crippen LogP contribution in [-0.2, 0) is 19.1 Å². The molecule has 2 saturated heterocycles. The number of nitrogens with zero attached hydrogens (tertiary/aromatic N) is 1. The molecule has 2 fully saturated rings. The van der Waals surface area contributed by atoms with Gasteiger partial charge in [-0.25, -0.2) is 0 Å². The molecule has 0 saturated carbocycles. The monoisotopic (exact) mass is 313 g/mol. The molecule has 2 atom stereocenters. The number of amides is 1. The highest BCUT2D eigenvalue weighted by Crippen LogP contribution is 2.24. The summed E-state index contributed by atoms with van der Waals surface area (Å²) in [6.07, 6.45) is 5.30. The molecule has 0 radical (unpaired) electrons. The first-order chi connectivity index (χ1) is 10.6. The summed E-state index contributed by atoms with van der Waals surface area (Å²) in [6.45, 7) is 3.64. The summed E-state index contributed by atoms with van der Waals surface area (Å²) in [4.78, 5) is 25.1. The molecule has 0 bridgehead atoms. The highest BCUT2D eigenvalue weighted by molar-refractivity contribution is 5.77. The molecule has 6 nitrogen and oxygen atoms in total. The van der Waals surface area contributed by atoms with Gasteiger partial charge < -0.3 is 19.5 Å². The van der Waals surface area contributed by atoms with Gasteiger partial charge in [-0.1, -0.05) is 0 Å². The van der Waals surface area contributed by atoms with Gasteiger partial charge in [0, 0.05) is 32.2 Å². The van der Waals surface area contributed by atoms with Crippen molar-refractivity contribution in [2.75, 3.05) is 19.8 Å². The van der Waals surface area contributed by atoms with Crippen molar-refractivity contribution in [2.45, 2.75) is 70.1 Å². The smallest absolute Gasteiger partial charge is 0.305 e. The van der Waals surface area contributed by atoms with E-state index in [1.165, 1.54) is 0 Å². The Hall–Kier alpha value is -1.14. The number of carbonyl (C=O) groups is 2. The molecule has 0 aliphatic carbocycles. The van der Waals surface area contributed by atoms with Gasteiger partial charge in [-0.15, -0.1) is 0 Å². The fourth-order valence-corrected chi connectivity index (χ4v) is 3.25. The second kappa shape index (κ2) is 8.48. The second-order valence-electron chi connectivity index (χ2n) is 6.26. The standard InChI is InChI=1S/C16H27NO5/c1-12-2-3-14(22-12)4-5-15(18)17(9-6-16(19)20)13-7-10-21-11-8-13/h12-14H,2-11H2,1H3,(H,19,20)/t12-,14+/m1/s1. The third kappa shape index (κ3) is 5.25. The number of carboxylic acid groups (broad SMARTS) is 1. The highest BCUT2D eigenvalue weighted by Gasteiger charge is 2.28. The van der Waals surface area contributed by atoms with E-state index < -0.39 is 5.97 Å². The molecule has 2 aliphatic rings. The first-order valence-corrected chi connectivity index (χ1v) is 8.30. The van der Waals surface area contributed by atoms with Crippen LogP contribution in [-0.4, -0.2) is 59.9 Å². The maximum absolute atomic E-state index is 12.5. The van der Waals surface area contributed by atoms with Crippen LogP contribution in [0.25, 0.3) is 0 Å². The van der Waals surface area contributed by atoms with Gasteiger partial charge in [-0.05, 0) is 39.0 Å². The Kier molecular flexibility index (Phi) is 6.64. The Labute approximate surface area is 131 Å². The summed E-state index contributed by atoms with van der Waals surface area (Å²) < 4.78 is 11.1. The zero-order valence-corrected chi connectivity index (χ0v) is 13.3. The van der Waals surface area contributed by atoms with Crippen LogP contribution >= 0.6 is 0 Å². The molecule has 0 aromatic carbocycles. The topological polar surface area (TPSA) is 76.1 Å². The van der Waals surface area contributed by atoms with Gasteiger partial charge >= 0.3 is 5.97 Å². The number of carboxylic acids is 1. The number of ether oxygens (including phenoxy) is 2. The summed E-state index contributed by atoms with van der Waals surface area (Å²) in [6, 6.07) is 0.115. The summed E-state index contributed by atoms with van der Waals surface area (Å²) in [5.41, 5.74) is 0. The van der Waals surface area contributed by atoms with Crippen LogP contribution in [0.5, 0.6) is 0 Å². The van der Waals surface area contributed by atoms with Crippen molar-refractivity contribution in [3.63, 3.8) is 0 Å². The molecular weight excluding hydrogens is 286 g/mol. The molecule has 6 heteroatoms. The second-order valence-corrected chi connectivity index (χ2v) is 6.26. The molecule has 1 amide bonds. The predicted molar refractivity (Wildman–Crippen MR) is 80.6 cm³/mol. The summed E-state index contributed by atoms with van der Waals surface area (Å²) >= 11 is 0. The highest BCUT2D eigenvalue weighted by atomic mass is 16.5. The minimum atomic E-state index is -0.863. The van der Waals surface area contributed by atoms with Gasteiger partial charge in [-0.2, -0.15) is 0 Å². The van der Waals surface area contributed by atoms with Gasteiger partial charge in [0.2, 0.25) is 5.91 Å². The van der Waals surface area contributed by atoms with Crippen LogP contribution in [0.15, 0.2) is 0 Å². The maximum Gasteiger partial charge on any atom is 0.305 e. The summed E-state index contributed by atoms with van der Waals surface area (Å²) in [5, 5.41) is 8.89. The molecule has 1 N–H and O–H groups in total. The van der Waals surface area contributed by atoms with Crippen molar-refractivity contribution in [2.24, 2.45) is 0 Å². The van der Waals surface area contributed by atoms with Crippen molar-refractivity contribution in [3.8, 4) is 0 Å². The largest absolute Gasteiger partial charge is 0.481 e. The van der Waals surface area contributed by atoms with E-state index in [1.54, 1.807) is 4.90 Å². The first-order valence-electron chi connectivity index (χ1n) is 8.30. The molecule has 2 heterocycles. The van der Waals surface area contributed by atoms with Crippen molar-refractivity contribution < 1.29 is 24.2 Å². The Morgan fingerprint density at radius 1 is 1.14 bits per heavy atom. The molecule has 126 valence electrons. The molecule has 0 unspecified atom stereocenters. The molecule has 0 spiro atoms. The van der Waals surface area contributed by atoms with Gasteiger partial charge in [0.15, 0.2) is 0 Å². The minimum absolute atomic E-state index is 0.0000593. The molecule has 2 aliphatic heterocycles. The molecular formula is C16H27NO5. The molecule has 0 aromatic rings. The van der Waals surface area contributed by atoms with Crippen molar-refractivity contribution in [3.05, 3.63) is 0 Å². The van der Waals surface area contributed by atoms with Crippen molar-refractivity contribution >= 4 is 11.9 Å². The lowest BCUT2D eigenvalue weighted by atomic mass is 10.0. The van der Waals surface area contributed by atoms with E-state index in [0.29, 0.717) is 32.3 Å². The van der Waals surface area contributed by atoms with Crippen molar-refractivity contribution in [1.82, 2.24) is 4.90 Å². The van der Waals surface area contributed by atoms with Gasteiger partial charge in [-0.3, -0.25) is 9.59 Å². The summed E-state index contributed by atoms with van der Waals surface area (Å²) in [7, 11) is 0. The quantitative estimate of drug-likeness (QED) is 0.776. The number of hydrogen-bond donors (Lipinski definition) is 1. The zero-order chi connectivity index (χ0) is 15.9. The van der Waals surface area contributed by atoms with E-state index in [4.69, 9.17) is 14.6 Å². The van der Waals surface area contributed by atoms with Crippen LogP contribution in [0.1, 0.15) is 51.9 Å². The fraction of sp³-hybridized carbons (Fsp3) is 0.875. The third-order valence-electron chi connectivity index (χ3n) is 4.52. The van der Waals surface area contributed by atoms with E-state index in [-0.39, 0.29) is 24.5 Å². The lowest BCUT2D eigenvalue weighted by Gasteiger charge is -2.34. The van der Waals surface area contributed by atoms with Crippen LogP contribution < -0.4 is 0 Å². The van der Waals surface area contributed by atoms with E-state index in [1.807, 2.05) is 0 Å². The number of aliphatic carboxylic acids is 1. The lowest BCUT2D eigenvalue weighted by Crippen LogP contribution is -2.44.